The van der Waals surface area contributed by atoms with Crippen LogP contribution in [0.4, 0.5) is 5.88 Å². The SMILES string of the molecule is C=CC[n+]1noc(/N=N/[O-])c1-c1ccccc1. The topological polar surface area (TPSA) is 77.7 Å². The van der Waals surface area contributed by atoms with E-state index >= 15 is 0 Å². The monoisotopic (exact) mass is 230 g/mol. The van der Waals surface area contributed by atoms with Gasteiger partial charge in [-0.25, -0.2) is 5.28 Å². The lowest BCUT2D eigenvalue weighted by atomic mass is 10.1. The number of benzene rings is 1. The van der Waals surface area contributed by atoms with E-state index < -0.39 is 0 Å². The second-order valence-corrected chi connectivity index (χ2v) is 3.25. The number of hydrogen-bond donors (Lipinski definition) is 0. The molecule has 1 aromatic heterocycles. The van der Waals surface area contributed by atoms with Crippen LogP contribution in [0.5, 0.6) is 0 Å². The quantitative estimate of drug-likeness (QED) is 0.350. The fraction of sp³-hybridized carbons (Fsp3) is 0.0909. The molecule has 0 amide bonds. The minimum atomic E-state index is 0.0908. The summed E-state index contributed by atoms with van der Waals surface area (Å²) in [5, 5.41) is 19.8. The summed E-state index contributed by atoms with van der Waals surface area (Å²) in [6, 6.07) is 9.38. The highest BCUT2D eigenvalue weighted by atomic mass is 16.5. The Bertz CT molecular complexity index is 534. The summed E-state index contributed by atoms with van der Waals surface area (Å²) in [6.45, 7) is 4.09. The minimum absolute atomic E-state index is 0.0908. The van der Waals surface area contributed by atoms with Gasteiger partial charge >= 0.3 is 11.6 Å². The maximum Gasteiger partial charge on any atom is 0.347 e. The number of aromatic nitrogens is 2. The first kappa shape index (κ1) is 11.0. The van der Waals surface area contributed by atoms with Crippen LogP contribution in [0.25, 0.3) is 11.3 Å². The van der Waals surface area contributed by atoms with Crippen LogP contribution in [-0.2, 0) is 6.54 Å². The number of hydrogen-bond acceptors (Lipinski definition) is 5. The molecule has 1 aromatic carbocycles. The molecule has 0 spiro atoms. The summed E-state index contributed by atoms with van der Waals surface area (Å²) in [6.07, 6.45) is 1.67. The molecule has 0 saturated heterocycles. The van der Waals surface area contributed by atoms with Crippen molar-refractivity contribution in [1.82, 2.24) is 5.27 Å². The molecule has 0 aliphatic heterocycles. The molecule has 0 aliphatic rings. The molecular formula is C11H10N4O2. The molecule has 86 valence electrons. The lowest BCUT2D eigenvalue weighted by Gasteiger charge is -1.93. The summed E-state index contributed by atoms with van der Waals surface area (Å²) in [4.78, 5) is 0. The van der Waals surface area contributed by atoms with Crippen molar-refractivity contribution >= 4 is 5.88 Å². The van der Waals surface area contributed by atoms with Crippen molar-refractivity contribution in [2.24, 2.45) is 10.4 Å². The Labute approximate surface area is 97.5 Å². The molecule has 6 nitrogen and oxygen atoms in total. The van der Waals surface area contributed by atoms with Gasteiger partial charge in [-0.2, -0.15) is 0 Å². The zero-order valence-electron chi connectivity index (χ0n) is 8.98. The van der Waals surface area contributed by atoms with Crippen LogP contribution in [0, 0.1) is 5.21 Å². The predicted molar refractivity (Wildman–Crippen MR) is 60.2 cm³/mol. The lowest BCUT2D eigenvalue weighted by Crippen LogP contribution is -2.36. The van der Waals surface area contributed by atoms with Gasteiger partial charge < -0.3 is 5.21 Å². The molecule has 1 heterocycles. The third kappa shape index (κ3) is 2.20. The zero-order valence-corrected chi connectivity index (χ0v) is 8.98. The van der Waals surface area contributed by atoms with Crippen molar-refractivity contribution < 1.29 is 9.20 Å². The van der Waals surface area contributed by atoms with E-state index in [1.165, 1.54) is 0 Å². The molecule has 0 fully saturated rings. The maximum atomic E-state index is 10.2. The van der Waals surface area contributed by atoms with E-state index in [2.05, 4.69) is 22.2 Å². The van der Waals surface area contributed by atoms with Crippen molar-refractivity contribution in [2.45, 2.75) is 6.54 Å². The molecule has 2 aromatic rings. The molecule has 2 rings (SSSR count). The van der Waals surface area contributed by atoms with E-state index in [0.717, 1.165) is 5.56 Å². The van der Waals surface area contributed by atoms with Crippen LogP contribution in [0.15, 0.2) is 57.9 Å². The second kappa shape index (κ2) is 5.02. The van der Waals surface area contributed by atoms with E-state index in [1.807, 2.05) is 30.3 Å². The smallest absolute Gasteiger partial charge is 0.347 e. The van der Waals surface area contributed by atoms with Crippen LogP contribution in [0.2, 0.25) is 0 Å². The molecule has 17 heavy (non-hydrogen) atoms. The summed E-state index contributed by atoms with van der Waals surface area (Å²) >= 11 is 0. The first-order valence-corrected chi connectivity index (χ1v) is 4.96. The molecule has 0 aliphatic carbocycles. The van der Waals surface area contributed by atoms with Crippen molar-refractivity contribution in [3.05, 3.63) is 48.2 Å². The number of rotatable bonds is 4. The summed E-state index contributed by atoms with van der Waals surface area (Å²) in [5.74, 6) is 0.0908. The fourth-order valence-corrected chi connectivity index (χ4v) is 1.50. The van der Waals surface area contributed by atoms with Gasteiger partial charge in [0.15, 0.2) is 6.54 Å². The van der Waals surface area contributed by atoms with Crippen molar-refractivity contribution in [1.29, 1.82) is 0 Å². The molecule has 0 atom stereocenters. The lowest BCUT2D eigenvalue weighted by molar-refractivity contribution is -0.743. The van der Waals surface area contributed by atoms with Gasteiger partial charge in [-0.15, -0.1) is 5.11 Å². The van der Waals surface area contributed by atoms with Gasteiger partial charge in [0.05, 0.1) is 5.56 Å². The highest BCUT2D eigenvalue weighted by molar-refractivity contribution is 5.64. The van der Waals surface area contributed by atoms with Crippen LogP contribution in [-0.4, -0.2) is 5.27 Å². The van der Waals surface area contributed by atoms with Crippen molar-refractivity contribution in [3.8, 4) is 11.3 Å². The third-order valence-electron chi connectivity index (χ3n) is 2.17. The highest BCUT2D eigenvalue weighted by Gasteiger charge is 2.25. The van der Waals surface area contributed by atoms with Gasteiger partial charge in [-0.1, -0.05) is 24.8 Å². The van der Waals surface area contributed by atoms with Crippen molar-refractivity contribution in [2.75, 3.05) is 0 Å². The first-order chi connectivity index (χ1) is 8.36. The normalized spacial score (nSPS) is 10.8. The predicted octanol–water partition coefficient (Wildman–Crippen LogP) is 2.40. The second-order valence-electron chi connectivity index (χ2n) is 3.25. The number of nitrogens with zero attached hydrogens (tertiary/aromatic N) is 4. The first-order valence-electron chi connectivity index (χ1n) is 4.96. The maximum absolute atomic E-state index is 10.2. The highest BCUT2D eigenvalue weighted by Crippen LogP contribution is 2.26. The summed E-state index contributed by atoms with van der Waals surface area (Å²) < 4.78 is 6.51. The Kier molecular flexibility index (Phi) is 3.25. The molecule has 0 unspecified atom stereocenters. The average Bonchev–Trinajstić information content (AvgIpc) is 2.74. The standard InChI is InChI=1S/C11H10N4O2/c1-2-8-15-10(9-6-4-3-5-7-9)11(12-13-16)17-14-15/h2-7H,1,8H2. The molecule has 0 bridgehead atoms. The van der Waals surface area contributed by atoms with Crippen LogP contribution in [0.3, 0.4) is 0 Å². The largest absolute Gasteiger partial charge is 0.775 e. The van der Waals surface area contributed by atoms with Gasteiger partial charge in [0.1, 0.15) is 0 Å². The van der Waals surface area contributed by atoms with E-state index in [1.54, 1.807) is 10.8 Å². The molecule has 0 N–H and O–H groups in total. The number of allylic oxidation sites excluding steroid dienone is 1. The fourth-order valence-electron chi connectivity index (χ4n) is 1.50. The van der Waals surface area contributed by atoms with E-state index in [-0.39, 0.29) is 5.88 Å². The molecule has 6 heteroatoms. The average molecular weight is 230 g/mol. The van der Waals surface area contributed by atoms with Gasteiger partial charge in [0.25, 0.3) is 0 Å². The van der Waals surface area contributed by atoms with Gasteiger partial charge in [0, 0.05) is 0 Å². The molecular weight excluding hydrogens is 220 g/mol. The van der Waals surface area contributed by atoms with Crippen LogP contribution in [0.1, 0.15) is 0 Å². The van der Waals surface area contributed by atoms with Crippen molar-refractivity contribution in [3.63, 3.8) is 0 Å². The molecule has 0 radical (unpaired) electrons. The van der Waals surface area contributed by atoms with Gasteiger partial charge in [0.2, 0.25) is 5.27 Å². The van der Waals surface area contributed by atoms with E-state index in [0.29, 0.717) is 12.2 Å². The zero-order chi connectivity index (χ0) is 12.1. The van der Waals surface area contributed by atoms with Gasteiger partial charge in [-0.05, 0) is 22.9 Å². The van der Waals surface area contributed by atoms with E-state index in [9.17, 15) is 5.21 Å². The Morgan fingerprint density at radius 2 is 2.18 bits per heavy atom. The van der Waals surface area contributed by atoms with Crippen LogP contribution < -0.4 is 4.68 Å². The Morgan fingerprint density at radius 1 is 1.41 bits per heavy atom. The van der Waals surface area contributed by atoms with Crippen LogP contribution >= 0.6 is 0 Å². The summed E-state index contributed by atoms with van der Waals surface area (Å²) in [7, 11) is 0. The Hall–Kier alpha value is -2.50. The van der Waals surface area contributed by atoms with Gasteiger partial charge in [-0.3, -0.25) is 4.52 Å². The third-order valence-corrected chi connectivity index (χ3v) is 2.17. The Balaban J connectivity index is 2.55. The Morgan fingerprint density at radius 3 is 2.82 bits per heavy atom. The van der Waals surface area contributed by atoms with E-state index in [4.69, 9.17) is 4.52 Å². The minimum Gasteiger partial charge on any atom is -0.775 e. The summed E-state index contributed by atoms with van der Waals surface area (Å²) in [5.41, 5.74) is 1.45. The molecule has 0 saturated carbocycles.